The monoisotopic (exact) mass is 273 g/mol. The molecule has 0 unspecified atom stereocenters. The average Bonchev–Trinajstić information content (AvgIpc) is 3.13. The van der Waals surface area contributed by atoms with Crippen LogP contribution in [0.2, 0.25) is 0 Å². The van der Waals surface area contributed by atoms with Gasteiger partial charge in [-0.2, -0.15) is 0 Å². The standard InChI is InChI=1S/C13H15N5S/c14-13(15)11-6-17-12(7-16-11)18(9-3-4-9)8-10-2-1-5-19-10/h1-2,5-7,9H,3-4,8H2,(H3,14,15). The molecule has 2 heterocycles. The van der Waals surface area contributed by atoms with Crippen molar-refractivity contribution in [1.29, 1.82) is 5.41 Å². The number of aromatic nitrogens is 2. The van der Waals surface area contributed by atoms with Crippen molar-refractivity contribution in [2.45, 2.75) is 25.4 Å². The summed E-state index contributed by atoms with van der Waals surface area (Å²) >= 11 is 1.76. The zero-order chi connectivity index (χ0) is 13.2. The number of nitrogens with two attached hydrogens (primary N) is 1. The Morgan fingerprint density at radius 2 is 2.26 bits per heavy atom. The highest BCUT2D eigenvalue weighted by atomic mass is 32.1. The molecule has 0 saturated heterocycles. The molecule has 0 amide bonds. The molecule has 0 atom stereocenters. The summed E-state index contributed by atoms with van der Waals surface area (Å²) in [5.41, 5.74) is 5.82. The molecule has 0 spiro atoms. The van der Waals surface area contributed by atoms with Crippen molar-refractivity contribution >= 4 is 23.0 Å². The van der Waals surface area contributed by atoms with Gasteiger partial charge in [-0.05, 0) is 24.3 Å². The van der Waals surface area contributed by atoms with E-state index in [0.717, 1.165) is 12.4 Å². The predicted octanol–water partition coefficient (Wildman–Crippen LogP) is 1.99. The zero-order valence-electron chi connectivity index (χ0n) is 10.4. The molecule has 1 fully saturated rings. The SMILES string of the molecule is N=C(N)c1cnc(N(Cc2cccs2)C2CC2)cn1. The Hall–Kier alpha value is -1.95. The van der Waals surface area contributed by atoms with Gasteiger partial charge in [0.1, 0.15) is 17.3 Å². The van der Waals surface area contributed by atoms with Gasteiger partial charge in [-0.15, -0.1) is 11.3 Å². The summed E-state index contributed by atoms with van der Waals surface area (Å²) in [5.74, 6) is 0.816. The molecule has 1 saturated carbocycles. The molecule has 6 heteroatoms. The normalized spacial score (nSPS) is 14.3. The number of hydrogen-bond donors (Lipinski definition) is 2. The van der Waals surface area contributed by atoms with Crippen LogP contribution >= 0.6 is 11.3 Å². The van der Waals surface area contributed by atoms with Gasteiger partial charge in [-0.3, -0.25) is 5.41 Å². The van der Waals surface area contributed by atoms with E-state index in [9.17, 15) is 0 Å². The van der Waals surface area contributed by atoms with E-state index in [1.165, 1.54) is 17.7 Å². The summed E-state index contributed by atoms with van der Waals surface area (Å²) in [6.07, 6.45) is 5.70. The molecule has 1 aliphatic carbocycles. The summed E-state index contributed by atoms with van der Waals surface area (Å²) in [4.78, 5) is 12.2. The molecular formula is C13H15N5S. The summed E-state index contributed by atoms with van der Waals surface area (Å²) in [7, 11) is 0. The Morgan fingerprint density at radius 3 is 2.79 bits per heavy atom. The number of nitrogens with one attached hydrogen (secondary N) is 1. The van der Waals surface area contributed by atoms with E-state index >= 15 is 0 Å². The Bertz CT molecular complexity index is 559. The first kappa shape index (κ1) is 12.1. The number of hydrogen-bond acceptors (Lipinski definition) is 5. The summed E-state index contributed by atoms with van der Waals surface area (Å²) in [6, 6.07) is 4.77. The van der Waals surface area contributed by atoms with E-state index in [1.54, 1.807) is 23.7 Å². The average molecular weight is 273 g/mol. The smallest absolute Gasteiger partial charge is 0.147 e. The van der Waals surface area contributed by atoms with E-state index in [-0.39, 0.29) is 5.84 Å². The molecule has 3 N–H and O–H groups in total. The highest BCUT2D eigenvalue weighted by molar-refractivity contribution is 7.09. The minimum absolute atomic E-state index is 0.0460. The lowest BCUT2D eigenvalue weighted by Gasteiger charge is -2.22. The number of rotatable bonds is 5. The predicted molar refractivity (Wildman–Crippen MR) is 76.6 cm³/mol. The number of thiophene rings is 1. The van der Waals surface area contributed by atoms with Crippen molar-refractivity contribution in [3.05, 3.63) is 40.5 Å². The van der Waals surface area contributed by atoms with Gasteiger partial charge in [0.2, 0.25) is 0 Å². The van der Waals surface area contributed by atoms with Gasteiger partial charge in [0, 0.05) is 10.9 Å². The van der Waals surface area contributed by atoms with Crippen molar-refractivity contribution in [3.8, 4) is 0 Å². The zero-order valence-corrected chi connectivity index (χ0v) is 11.2. The van der Waals surface area contributed by atoms with Crippen LogP contribution in [0.25, 0.3) is 0 Å². The highest BCUT2D eigenvalue weighted by Gasteiger charge is 2.30. The van der Waals surface area contributed by atoms with Crippen LogP contribution in [0.15, 0.2) is 29.9 Å². The van der Waals surface area contributed by atoms with Gasteiger partial charge in [0.15, 0.2) is 0 Å². The summed E-state index contributed by atoms with van der Waals surface area (Å²) in [6.45, 7) is 0.871. The van der Waals surface area contributed by atoms with E-state index in [2.05, 4.69) is 32.4 Å². The fraction of sp³-hybridized carbons (Fsp3) is 0.308. The minimum Gasteiger partial charge on any atom is -0.382 e. The van der Waals surface area contributed by atoms with Crippen LogP contribution in [0.4, 0.5) is 5.82 Å². The topological polar surface area (TPSA) is 78.9 Å². The summed E-state index contributed by atoms with van der Waals surface area (Å²) < 4.78 is 0. The van der Waals surface area contributed by atoms with Crippen LogP contribution < -0.4 is 10.6 Å². The lowest BCUT2D eigenvalue weighted by atomic mass is 10.3. The second-order valence-electron chi connectivity index (χ2n) is 4.61. The molecule has 0 radical (unpaired) electrons. The van der Waals surface area contributed by atoms with E-state index in [0.29, 0.717) is 11.7 Å². The first-order valence-electron chi connectivity index (χ1n) is 6.19. The van der Waals surface area contributed by atoms with Crippen LogP contribution in [0.3, 0.4) is 0 Å². The molecule has 5 nitrogen and oxygen atoms in total. The first-order chi connectivity index (χ1) is 9.24. The van der Waals surface area contributed by atoms with Crippen molar-refractivity contribution in [1.82, 2.24) is 9.97 Å². The van der Waals surface area contributed by atoms with Crippen LogP contribution in [0, 0.1) is 5.41 Å². The lowest BCUT2D eigenvalue weighted by molar-refractivity contribution is 0.782. The highest BCUT2D eigenvalue weighted by Crippen LogP contribution is 2.32. The molecule has 0 bridgehead atoms. The Labute approximate surface area is 115 Å². The largest absolute Gasteiger partial charge is 0.382 e. The van der Waals surface area contributed by atoms with Crippen molar-refractivity contribution in [2.24, 2.45) is 5.73 Å². The molecule has 3 rings (SSSR count). The molecule has 2 aromatic heterocycles. The van der Waals surface area contributed by atoms with Gasteiger partial charge in [0.05, 0.1) is 18.9 Å². The van der Waals surface area contributed by atoms with E-state index in [4.69, 9.17) is 11.1 Å². The maximum atomic E-state index is 7.33. The second kappa shape index (κ2) is 4.97. The van der Waals surface area contributed by atoms with Gasteiger partial charge in [-0.25, -0.2) is 9.97 Å². The van der Waals surface area contributed by atoms with Crippen LogP contribution in [-0.2, 0) is 6.54 Å². The van der Waals surface area contributed by atoms with Crippen LogP contribution in [0.5, 0.6) is 0 Å². The molecule has 98 valence electrons. The van der Waals surface area contributed by atoms with Crippen molar-refractivity contribution in [3.63, 3.8) is 0 Å². The number of amidine groups is 1. The van der Waals surface area contributed by atoms with Crippen LogP contribution in [0.1, 0.15) is 23.4 Å². The minimum atomic E-state index is -0.0460. The van der Waals surface area contributed by atoms with Gasteiger partial charge >= 0.3 is 0 Å². The molecule has 0 aliphatic heterocycles. The number of nitrogen functional groups attached to an aromatic ring is 1. The van der Waals surface area contributed by atoms with Crippen molar-refractivity contribution in [2.75, 3.05) is 4.90 Å². The van der Waals surface area contributed by atoms with Gasteiger partial charge in [0.25, 0.3) is 0 Å². The van der Waals surface area contributed by atoms with E-state index in [1.807, 2.05) is 0 Å². The maximum Gasteiger partial charge on any atom is 0.147 e. The van der Waals surface area contributed by atoms with Crippen LogP contribution in [-0.4, -0.2) is 21.8 Å². The molecule has 19 heavy (non-hydrogen) atoms. The Balaban J connectivity index is 1.81. The molecule has 2 aromatic rings. The van der Waals surface area contributed by atoms with Gasteiger partial charge < -0.3 is 10.6 Å². The summed E-state index contributed by atoms with van der Waals surface area (Å²) in [5, 5.41) is 9.42. The third kappa shape index (κ3) is 2.73. The third-order valence-corrected chi connectivity index (χ3v) is 3.96. The fourth-order valence-corrected chi connectivity index (χ4v) is 2.67. The third-order valence-electron chi connectivity index (χ3n) is 3.10. The molecular weight excluding hydrogens is 258 g/mol. The maximum absolute atomic E-state index is 7.33. The number of nitrogens with zero attached hydrogens (tertiary/aromatic N) is 3. The Kier molecular flexibility index (Phi) is 3.16. The van der Waals surface area contributed by atoms with E-state index < -0.39 is 0 Å². The van der Waals surface area contributed by atoms with Crippen molar-refractivity contribution < 1.29 is 0 Å². The first-order valence-corrected chi connectivity index (χ1v) is 7.07. The number of anilines is 1. The fourth-order valence-electron chi connectivity index (χ4n) is 1.96. The Morgan fingerprint density at radius 1 is 1.42 bits per heavy atom. The quantitative estimate of drug-likeness (QED) is 0.645. The lowest BCUT2D eigenvalue weighted by Crippen LogP contribution is -2.26. The molecule has 1 aliphatic rings. The second-order valence-corrected chi connectivity index (χ2v) is 5.64. The molecule has 0 aromatic carbocycles. The van der Waals surface area contributed by atoms with Gasteiger partial charge in [-0.1, -0.05) is 6.07 Å².